The molecule has 1 aliphatic rings. The van der Waals surface area contributed by atoms with Crippen LogP contribution >= 0.6 is 11.6 Å². The molecule has 0 aromatic heterocycles. The van der Waals surface area contributed by atoms with Gasteiger partial charge in [-0.2, -0.15) is 0 Å². The van der Waals surface area contributed by atoms with Gasteiger partial charge in [0.15, 0.2) is 6.17 Å². The van der Waals surface area contributed by atoms with E-state index in [-0.39, 0.29) is 31.9 Å². The Morgan fingerprint density at radius 3 is 2.47 bits per heavy atom. The van der Waals surface area contributed by atoms with E-state index in [1.54, 1.807) is 24.3 Å². The first kappa shape index (κ1) is 21.5. The van der Waals surface area contributed by atoms with Crippen molar-refractivity contribution in [3.63, 3.8) is 0 Å². The fourth-order valence-corrected chi connectivity index (χ4v) is 3.27. The summed E-state index contributed by atoms with van der Waals surface area (Å²) in [5.74, 6) is -1.46. The van der Waals surface area contributed by atoms with Crippen molar-refractivity contribution in [1.82, 2.24) is 15.1 Å². The maximum absolute atomic E-state index is 13.4. The van der Waals surface area contributed by atoms with Crippen molar-refractivity contribution in [3.05, 3.63) is 64.9 Å². The third-order valence-corrected chi connectivity index (χ3v) is 4.79. The van der Waals surface area contributed by atoms with Gasteiger partial charge in [-0.3, -0.25) is 14.5 Å². The van der Waals surface area contributed by atoms with E-state index in [1.807, 2.05) is 0 Å². The van der Waals surface area contributed by atoms with Crippen LogP contribution in [0.15, 0.2) is 48.5 Å². The summed E-state index contributed by atoms with van der Waals surface area (Å²) >= 11 is 5.88. The summed E-state index contributed by atoms with van der Waals surface area (Å²) in [6.07, 6.45) is -1.17. The zero-order valence-electron chi connectivity index (χ0n) is 16.0. The predicted molar refractivity (Wildman–Crippen MR) is 110 cm³/mol. The molecular formula is C20H21ClFN5O3. The molecule has 3 rings (SSSR count). The number of urea groups is 1. The lowest BCUT2D eigenvalue weighted by molar-refractivity contribution is -0.127. The zero-order chi connectivity index (χ0) is 21.7. The summed E-state index contributed by atoms with van der Waals surface area (Å²) in [6.45, 7) is 0.677. The van der Waals surface area contributed by atoms with E-state index in [4.69, 9.17) is 17.3 Å². The van der Waals surface area contributed by atoms with Gasteiger partial charge in [-0.1, -0.05) is 17.7 Å². The molecule has 8 nitrogen and oxygen atoms in total. The molecule has 2 aromatic rings. The van der Waals surface area contributed by atoms with Gasteiger partial charge in [0.25, 0.3) is 11.8 Å². The van der Waals surface area contributed by atoms with E-state index in [2.05, 4.69) is 10.6 Å². The molecule has 158 valence electrons. The van der Waals surface area contributed by atoms with E-state index >= 15 is 0 Å². The van der Waals surface area contributed by atoms with Gasteiger partial charge in [-0.15, -0.1) is 0 Å². The van der Waals surface area contributed by atoms with Crippen LogP contribution in [0.1, 0.15) is 10.4 Å². The van der Waals surface area contributed by atoms with E-state index in [9.17, 15) is 18.8 Å². The number of anilines is 1. The van der Waals surface area contributed by atoms with Crippen molar-refractivity contribution in [2.75, 3.05) is 31.5 Å². The Bertz CT molecular complexity index is 940. The third-order valence-electron chi connectivity index (χ3n) is 4.54. The van der Waals surface area contributed by atoms with Gasteiger partial charge in [-0.25, -0.2) is 9.18 Å². The molecule has 0 spiro atoms. The molecule has 1 fully saturated rings. The summed E-state index contributed by atoms with van der Waals surface area (Å²) in [6, 6.07) is 11.0. The molecule has 1 aliphatic heterocycles. The zero-order valence-corrected chi connectivity index (χ0v) is 16.7. The van der Waals surface area contributed by atoms with Gasteiger partial charge < -0.3 is 21.3 Å². The van der Waals surface area contributed by atoms with Crippen LogP contribution in [0, 0.1) is 5.82 Å². The van der Waals surface area contributed by atoms with Crippen molar-refractivity contribution >= 4 is 35.1 Å². The number of hydrogen-bond donors (Lipinski definition) is 3. The van der Waals surface area contributed by atoms with E-state index in [1.165, 1.54) is 28.0 Å². The minimum absolute atomic E-state index is 0.126. The number of nitrogens with zero attached hydrogens (tertiary/aromatic N) is 2. The number of carbonyl (C=O) groups excluding carboxylic acids is 3. The highest BCUT2D eigenvalue weighted by atomic mass is 35.5. The molecule has 4 amide bonds. The molecule has 1 saturated heterocycles. The van der Waals surface area contributed by atoms with Crippen LogP contribution < -0.4 is 16.4 Å². The van der Waals surface area contributed by atoms with Gasteiger partial charge in [0.1, 0.15) is 5.82 Å². The molecule has 0 bridgehead atoms. The SMILES string of the molecule is NCCNC(=O)C1N(C(=O)Nc2cccc(F)c2)CCN1C(=O)c1ccc(Cl)cc1. The quantitative estimate of drug-likeness (QED) is 0.669. The van der Waals surface area contributed by atoms with Gasteiger partial charge in [0.05, 0.1) is 0 Å². The van der Waals surface area contributed by atoms with Crippen molar-refractivity contribution < 1.29 is 18.8 Å². The number of carbonyl (C=O) groups is 3. The fourth-order valence-electron chi connectivity index (χ4n) is 3.14. The van der Waals surface area contributed by atoms with E-state index in [0.29, 0.717) is 10.6 Å². The van der Waals surface area contributed by atoms with Crippen molar-refractivity contribution in [2.45, 2.75) is 6.17 Å². The van der Waals surface area contributed by atoms with Crippen LogP contribution in [-0.2, 0) is 4.79 Å². The topological polar surface area (TPSA) is 108 Å². The lowest BCUT2D eigenvalue weighted by atomic mass is 10.2. The molecule has 0 radical (unpaired) electrons. The predicted octanol–water partition coefficient (Wildman–Crippen LogP) is 1.87. The van der Waals surface area contributed by atoms with Gasteiger partial charge in [0, 0.05) is 42.5 Å². The average Bonchev–Trinajstić information content (AvgIpc) is 3.17. The highest BCUT2D eigenvalue weighted by Gasteiger charge is 2.42. The monoisotopic (exact) mass is 433 g/mol. The maximum Gasteiger partial charge on any atom is 0.323 e. The molecule has 0 aliphatic carbocycles. The van der Waals surface area contributed by atoms with Crippen LogP contribution in [0.2, 0.25) is 5.02 Å². The number of benzene rings is 2. The van der Waals surface area contributed by atoms with Crippen LogP contribution in [0.4, 0.5) is 14.9 Å². The summed E-state index contributed by atoms with van der Waals surface area (Å²) in [5.41, 5.74) is 6.03. The molecule has 1 atom stereocenters. The third kappa shape index (κ3) is 4.87. The summed E-state index contributed by atoms with van der Waals surface area (Å²) in [4.78, 5) is 41.1. The standard InChI is InChI=1S/C20H21ClFN5O3/c21-14-6-4-13(5-7-14)19(29)26-10-11-27(18(26)17(28)24-9-8-23)20(30)25-16-3-1-2-15(22)12-16/h1-7,12,18H,8-11,23H2,(H,24,28)(H,25,30). The Hall–Kier alpha value is -3.17. The average molecular weight is 434 g/mol. The van der Waals surface area contributed by atoms with Gasteiger partial charge in [0.2, 0.25) is 0 Å². The molecule has 0 saturated carbocycles. The molecule has 1 unspecified atom stereocenters. The largest absolute Gasteiger partial charge is 0.351 e. The Morgan fingerprint density at radius 2 is 1.80 bits per heavy atom. The lowest BCUT2D eigenvalue weighted by Gasteiger charge is -2.29. The van der Waals surface area contributed by atoms with Crippen LogP contribution in [-0.4, -0.2) is 60.0 Å². The Morgan fingerprint density at radius 1 is 1.10 bits per heavy atom. The van der Waals surface area contributed by atoms with E-state index < -0.39 is 29.8 Å². The van der Waals surface area contributed by atoms with Crippen LogP contribution in [0.5, 0.6) is 0 Å². The lowest BCUT2D eigenvalue weighted by Crippen LogP contribution is -2.55. The first-order valence-electron chi connectivity index (χ1n) is 9.28. The molecule has 10 heteroatoms. The smallest absolute Gasteiger partial charge is 0.323 e. The molecule has 4 N–H and O–H groups in total. The van der Waals surface area contributed by atoms with Crippen molar-refractivity contribution in [3.8, 4) is 0 Å². The van der Waals surface area contributed by atoms with Crippen molar-refractivity contribution in [2.24, 2.45) is 5.73 Å². The number of halogens is 2. The first-order chi connectivity index (χ1) is 14.4. The number of nitrogens with one attached hydrogen (secondary N) is 2. The van der Waals surface area contributed by atoms with Crippen LogP contribution in [0.3, 0.4) is 0 Å². The second-order valence-electron chi connectivity index (χ2n) is 6.59. The summed E-state index contributed by atoms with van der Waals surface area (Å²) in [7, 11) is 0. The fraction of sp³-hybridized carbons (Fsp3) is 0.250. The Labute approximate surface area is 177 Å². The number of hydrogen-bond acceptors (Lipinski definition) is 4. The maximum atomic E-state index is 13.4. The van der Waals surface area contributed by atoms with Crippen molar-refractivity contribution in [1.29, 1.82) is 0 Å². The summed E-state index contributed by atoms with van der Waals surface area (Å²) in [5, 5.41) is 5.65. The number of rotatable bonds is 5. The summed E-state index contributed by atoms with van der Waals surface area (Å²) < 4.78 is 13.4. The van der Waals surface area contributed by atoms with Gasteiger partial charge in [-0.05, 0) is 42.5 Å². The second kappa shape index (κ2) is 9.55. The second-order valence-corrected chi connectivity index (χ2v) is 7.03. The molecular weight excluding hydrogens is 413 g/mol. The van der Waals surface area contributed by atoms with Gasteiger partial charge >= 0.3 is 6.03 Å². The number of amides is 4. The molecule has 2 aromatic carbocycles. The molecule has 1 heterocycles. The minimum Gasteiger partial charge on any atom is -0.351 e. The van der Waals surface area contributed by atoms with E-state index in [0.717, 1.165) is 6.07 Å². The van der Waals surface area contributed by atoms with Crippen LogP contribution in [0.25, 0.3) is 0 Å². The minimum atomic E-state index is -1.17. The number of nitrogens with two attached hydrogens (primary N) is 1. The highest BCUT2D eigenvalue weighted by Crippen LogP contribution is 2.21. The Kier molecular flexibility index (Phi) is 6.86. The first-order valence-corrected chi connectivity index (χ1v) is 9.66. The Balaban J connectivity index is 1.83. The normalized spacial score (nSPS) is 15.8. The highest BCUT2D eigenvalue weighted by molar-refractivity contribution is 6.30. The molecule has 30 heavy (non-hydrogen) atoms.